The molecular weight excluding hydrogens is 323 g/mol. The van der Waals surface area contributed by atoms with Crippen molar-refractivity contribution in [1.29, 1.82) is 0 Å². The van der Waals surface area contributed by atoms with Crippen molar-refractivity contribution in [3.05, 3.63) is 33.8 Å². The number of carbonyl (C=O) groups excluding carboxylic acids is 1. The van der Waals surface area contributed by atoms with Crippen molar-refractivity contribution in [3.8, 4) is 0 Å². The van der Waals surface area contributed by atoms with Crippen LogP contribution in [0.2, 0.25) is 10.0 Å². The number of rotatable bonds is 5. The molecule has 1 rings (SSSR count). The number of benzene rings is 1. The summed E-state index contributed by atoms with van der Waals surface area (Å²) in [5.74, 6) is -0.445. The number of carbonyl (C=O) groups is 1. The van der Waals surface area contributed by atoms with Gasteiger partial charge in [0, 0.05) is 0 Å². The lowest BCUT2D eigenvalue weighted by atomic mass is 10.1. The Morgan fingerprint density at radius 1 is 1.25 bits per heavy atom. The molecule has 8 heteroatoms. The highest BCUT2D eigenvalue weighted by atomic mass is 35.5. The Labute approximate surface area is 128 Å². The van der Waals surface area contributed by atoms with E-state index >= 15 is 0 Å². The Hall–Kier alpha value is -0.820. The van der Waals surface area contributed by atoms with Crippen LogP contribution >= 0.6 is 23.2 Å². The SMILES string of the molecule is C[C@H](NS(C)(=O)=O)C(=O)N[C@H](C)c1cccc(Cl)c1Cl. The maximum Gasteiger partial charge on any atom is 0.238 e. The Balaban J connectivity index is 2.78. The van der Waals surface area contributed by atoms with E-state index in [4.69, 9.17) is 23.2 Å². The summed E-state index contributed by atoms with van der Waals surface area (Å²) in [5, 5.41) is 3.44. The lowest BCUT2D eigenvalue weighted by Gasteiger charge is -2.19. The van der Waals surface area contributed by atoms with Crippen LogP contribution in [0.3, 0.4) is 0 Å². The highest BCUT2D eigenvalue weighted by Crippen LogP contribution is 2.29. The van der Waals surface area contributed by atoms with E-state index in [1.165, 1.54) is 6.92 Å². The zero-order valence-corrected chi connectivity index (χ0v) is 13.6. The summed E-state index contributed by atoms with van der Waals surface area (Å²) in [4.78, 5) is 11.9. The molecule has 5 nitrogen and oxygen atoms in total. The first-order valence-corrected chi connectivity index (χ1v) is 8.48. The molecule has 0 aliphatic heterocycles. The van der Waals surface area contributed by atoms with Gasteiger partial charge in [-0.3, -0.25) is 4.79 Å². The molecule has 0 aliphatic rings. The molecule has 0 aliphatic carbocycles. The minimum absolute atomic E-state index is 0.366. The number of amides is 1. The zero-order valence-electron chi connectivity index (χ0n) is 11.3. The smallest absolute Gasteiger partial charge is 0.238 e. The number of nitrogens with one attached hydrogen (secondary N) is 2. The van der Waals surface area contributed by atoms with Crippen LogP contribution in [0.4, 0.5) is 0 Å². The van der Waals surface area contributed by atoms with Gasteiger partial charge in [-0.2, -0.15) is 0 Å². The average molecular weight is 339 g/mol. The third-order valence-corrected chi connectivity index (χ3v) is 4.21. The van der Waals surface area contributed by atoms with Gasteiger partial charge >= 0.3 is 0 Å². The van der Waals surface area contributed by atoms with Crippen molar-refractivity contribution in [2.75, 3.05) is 6.26 Å². The van der Waals surface area contributed by atoms with Crippen LogP contribution in [-0.2, 0) is 14.8 Å². The summed E-state index contributed by atoms with van der Waals surface area (Å²) in [6, 6.07) is 3.86. The number of halogens is 2. The lowest BCUT2D eigenvalue weighted by molar-refractivity contribution is -0.123. The molecule has 2 N–H and O–H groups in total. The quantitative estimate of drug-likeness (QED) is 0.863. The molecule has 0 heterocycles. The van der Waals surface area contributed by atoms with Gasteiger partial charge in [0.2, 0.25) is 15.9 Å². The second-order valence-electron chi connectivity index (χ2n) is 4.49. The van der Waals surface area contributed by atoms with Crippen LogP contribution in [0.1, 0.15) is 25.5 Å². The molecule has 1 aromatic rings. The maximum atomic E-state index is 11.9. The van der Waals surface area contributed by atoms with Crippen LogP contribution in [0, 0.1) is 0 Å². The predicted molar refractivity (Wildman–Crippen MR) is 80.5 cm³/mol. The summed E-state index contributed by atoms with van der Waals surface area (Å²) >= 11 is 12.0. The Bertz CT molecular complexity index is 605. The highest BCUT2D eigenvalue weighted by molar-refractivity contribution is 7.88. The molecule has 0 unspecified atom stereocenters. The highest BCUT2D eigenvalue weighted by Gasteiger charge is 2.20. The first-order valence-electron chi connectivity index (χ1n) is 5.83. The van der Waals surface area contributed by atoms with E-state index < -0.39 is 28.0 Å². The topological polar surface area (TPSA) is 75.3 Å². The Morgan fingerprint density at radius 2 is 1.85 bits per heavy atom. The fourth-order valence-corrected chi connectivity index (χ4v) is 2.87. The second-order valence-corrected chi connectivity index (χ2v) is 7.05. The molecule has 20 heavy (non-hydrogen) atoms. The molecule has 1 amide bonds. The molecule has 0 spiro atoms. The van der Waals surface area contributed by atoms with E-state index in [1.54, 1.807) is 25.1 Å². The summed E-state index contributed by atoms with van der Waals surface area (Å²) < 4.78 is 24.3. The number of hydrogen-bond acceptors (Lipinski definition) is 3. The maximum absolute atomic E-state index is 11.9. The van der Waals surface area contributed by atoms with E-state index in [1.807, 2.05) is 0 Å². The summed E-state index contributed by atoms with van der Waals surface area (Å²) in [5.41, 5.74) is 0.666. The Morgan fingerprint density at radius 3 is 2.40 bits per heavy atom. The fourth-order valence-electron chi connectivity index (χ4n) is 1.65. The van der Waals surface area contributed by atoms with Crippen molar-refractivity contribution in [3.63, 3.8) is 0 Å². The van der Waals surface area contributed by atoms with Gasteiger partial charge in [-0.1, -0.05) is 35.3 Å². The van der Waals surface area contributed by atoms with Gasteiger partial charge < -0.3 is 5.32 Å². The van der Waals surface area contributed by atoms with Gasteiger partial charge in [-0.15, -0.1) is 0 Å². The van der Waals surface area contributed by atoms with Gasteiger partial charge in [0.15, 0.2) is 0 Å². The first kappa shape index (κ1) is 17.2. The van der Waals surface area contributed by atoms with Crippen molar-refractivity contribution in [2.24, 2.45) is 0 Å². The van der Waals surface area contributed by atoms with E-state index in [-0.39, 0.29) is 0 Å². The molecule has 0 saturated carbocycles. The normalized spacial score (nSPS) is 14.7. The molecule has 0 saturated heterocycles. The third-order valence-electron chi connectivity index (χ3n) is 2.59. The largest absolute Gasteiger partial charge is 0.348 e. The monoisotopic (exact) mass is 338 g/mol. The molecule has 2 atom stereocenters. The van der Waals surface area contributed by atoms with Crippen LogP contribution in [0.15, 0.2) is 18.2 Å². The van der Waals surface area contributed by atoms with E-state index in [0.717, 1.165) is 6.26 Å². The van der Waals surface area contributed by atoms with Gasteiger partial charge in [0.1, 0.15) is 0 Å². The van der Waals surface area contributed by atoms with Crippen LogP contribution in [0.25, 0.3) is 0 Å². The first-order chi connectivity index (χ1) is 9.11. The number of sulfonamides is 1. The van der Waals surface area contributed by atoms with Crippen molar-refractivity contribution >= 4 is 39.1 Å². The molecule has 1 aromatic carbocycles. The Kier molecular flexibility index (Phi) is 5.82. The molecule has 0 radical (unpaired) electrons. The minimum Gasteiger partial charge on any atom is -0.348 e. The van der Waals surface area contributed by atoms with Crippen molar-refractivity contribution in [2.45, 2.75) is 25.9 Å². The van der Waals surface area contributed by atoms with E-state index in [0.29, 0.717) is 15.6 Å². The predicted octanol–water partition coefficient (Wildman–Crippen LogP) is 2.11. The summed E-state index contributed by atoms with van der Waals surface area (Å²) in [6.45, 7) is 3.20. The van der Waals surface area contributed by atoms with Crippen LogP contribution in [0.5, 0.6) is 0 Å². The molecular formula is C12H16Cl2N2O3S. The van der Waals surface area contributed by atoms with Crippen LogP contribution < -0.4 is 10.0 Å². The summed E-state index contributed by atoms with van der Waals surface area (Å²) in [6.07, 6.45) is 0.994. The van der Waals surface area contributed by atoms with Gasteiger partial charge in [-0.05, 0) is 25.5 Å². The van der Waals surface area contributed by atoms with Crippen LogP contribution in [-0.4, -0.2) is 26.6 Å². The molecule has 0 fully saturated rings. The minimum atomic E-state index is -3.44. The van der Waals surface area contributed by atoms with Crippen molar-refractivity contribution < 1.29 is 13.2 Å². The number of hydrogen-bond donors (Lipinski definition) is 2. The lowest BCUT2D eigenvalue weighted by Crippen LogP contribution is -2.45. The van der Waals surface area contributed by atoms with Gasteiger partial charge in [0.25, 0.3) is 0 Å². The van der Waals surface area contributed by atoms with E-state index in [2.05, 4.69) is 10.0 Å². The van der Waals surface area contributed by atoms with E-state index in [9.17, 15) is 13.2 Å². The second kappa shape index (κ2) is 6.76. The molecule has 0 aromatic heterocycles. The molecule has 0 bridgehead atoms. The summed E-state index contributed by atoms with van der Waals surface area (Å²) in [7, 11) is -3.44. The third kappa shape index (κ3) is 4.94. The standard InChI is InChI=1S/C12H16Cl2N2O3S/c1-7(9-5-4-6-10(13)11(9)14)15-12(17)8(2)16-20(3,18)19/h4-8,16H,1-3H3,(H,15,17)/t7-,8+/m1/s1. The fraction of sp³-hybridized carbons (Fsp3) is 0.417. The average Bonchev–Trinajstić information content (AvgIpc) is 2.30. The van der Waals surface area contributed by atoms with Gasteiger partial charge in [-0.25, -0.2) is 13.1 Å². The van der Waals surface area contributed by atoms with Crippen molar-refractivity contribution in [1.82, 2.24) is 10.0 Å². The molecule has 112 valence electrons. The van der Waals surface area contributed by atoms with Gasteiger partial charge in [0.05, 0.1) is 28.4 Å². The zero-order chi connectivity index (χ0) is 15.5.